The number of anilines is 2. The predicted octanol–water partition coefficient (Wildman–Crippen LogP) is 4.02. The van der Waals surface area contributed by atoms with Crippen LogP contribution >= 0.6 is 0 Å². The van der Waals surface area contributed by atoms with Crippen molar-refractivity contribution in [3.8, 4) is 11.3 Å². The third-order valence-corrected chi connectivity index (χ3v) is 4.33. The van der Waals surface area contributed by atoms with Crippen molar-refractivity contribution in [1.29, 1.82) is 0 Å². The van der Waals surface area contributed by atoms with Gasteiger partial charge in [0.1, 0.15) is 0 Å². The highest BCUT2D eigenvalue weighted by Gasteiger charge is 2.05. The van der Waals surface area contributed by atoms with E-state index in [2.05, 4.69) is 46.2 Å². The quantitative estimate of drug-likeness (QED) is 0.677. The number of nitrogens with zero attached hydrogens (tertiary/aromatic N) is 2. The normalized spacial score (nSPS) is 10.9. The first kappa shape index (κ1) is 17.9. The number of benzene rings is 2. The molecule has 0 radical (unpaired) electrons. The summed E-state index contributed by atoms with van der Waals surface area (Å²) in [5.41, 5.74) is 3.53. The van der Waals surface area contributed by atoms with Crippen molar-refractivity contribution >= 4 is 11.6 Å². The summed E-state index contributed by atoms with van der Waals surface area (Å²) >= 11 is 0. The van der Waals surface area contributed by atoms with Crippen LogP contribution in [0.25, 0.3) is 11.3 Å². The molecule has 0 saturated carbocycles. The zero-order chi connectivity index (χ0) is 18.4. The standard InChI is InChI=1S/C21H24N4O/c1-3-25(4-2)15-16-10-12-18(13-11-16)22-21-23-19(14-20(26)24-21)17-8-6-5-7-9-17/h5-14H,3-4,15H2,1-2H3,(H2,22,23,24,26). The van der Waals surface area contributed by atoms with Gasteiger partial charge >= 0.3 is 0 Å². The van der Waals surface area contributed by atoms with E-state index >= 15 is 0 Å². The van der Waals surface area contributed by atoms with Gasteiger partial charge < -0.3 is 5.32 Å². The van der Waals surface area contributed by atoms with E-state index in [1.807, 2.05) is 42.5 Å². The number of aromatic amines is 1. The second-order valence-electron chi connectivity index (χ2n) is 6.13. The van der Waals surface area contributed by atoms with E-state index in [0.29, 0.717) is 11.6 Å². The molecule has 0 atom stereocenters. The van der Waals surface area contributed by atoms with E-state index in [-0.39, 0.29) is 5.56 Å². The summed E-state index contributed by atoms with van der Waals surface area (Å²) < 4.78 is 0. The molecule has 1 heterocycles. The van der Waals surface area contributed by atoms with Crippen molar-refractivity contribution < 1.29 is 0 Å². The summed E-state index contributed by atoms with van der Waals surface area (Å²) in [4.78, 5) is 21.6. The van der Waals surface area contributed by atoms with E-state index in [4.69, 9.17) is 0 Å². The van der Waals surface area contributed by atoms with E-state index in [1.165, 1.54) is 11.6 Å². The first-order valence-electron chi connectivity index (χ1n) is 8.93. The molecule has 0 aliphatic rings. The summed E-state index contributed by atoms with van der Waals surface area (Å²) in [6.07, 6.45) is 0. The van der Waals surface area contributed by atoms with Gasteiger partial charge in [0.15, 0.2) is 0 Å². The fraction of sp³-hybridized carbons (Fsp3) is 0.238. The first-order chi connectivity index (χ1) is 12.7. The zero-order valence-electron chi connectivity index (χ0n) is 15.2. The Hall–Kier alpha value is -2.92. The van der Waals surface area contributed by atoms with Gasteiger partial charge in [-0.25, -0.2) is 4.98 Å². The lowest BCUT2D eigenvalue weighted by molar-refractivity contribution is 0.296. The molecule has 0 unspecified atom stereocenters. The third-order valence-electron chi connectivity index (χ3n) is 4.33. The third kappa shape index (κ3) is 4.58. The number of nitrogens with one attached hydrogen (secondary N) is 2. The van der Waals surface area contributed by atoms with Crippen LogP contribution in [-0.4, -0.2) is 28.0 Å². The second kappa shape index (κ2) is 8.45. The largest absolute Gasteiger partial charge is 0.326 e. The van der Waals surface area contributed by atoms with Gasteiger partial charge in [0.2, 0.25) is 5.95 Å². The highest BCUT2D eigenvalue weighted by molar-refractivity contribution is 5.61. The minimum absolute atomic E-state index is 0.181. The average molecular weight is 348 g/mol. The molecule has 0 aliphatic heterocycles. The van der Waals surface area contributed by atoms with Crippen LogP contribution in [0.1, 0.15) is 19.4 Å². The van der Waals surface area contributed by atoms with E-state index in [1.54, 1.807) is 0 Å². The minimum Gasteiger partial charge on any atom is -0.326 e. The fourth-order valence-electron chi connectivity index (χ4n) is 2.81. The van der Waals surface area contributed by atoms with Crippen LogP contribution < -0.4 is 10.9 Å². The molecule has 0 amide bonds. The van der Waals surface area contributed by atoms with Gasteiger partial charge in [0.25, 0.3) is 5.56 Å². The lowest BCUT2D eigenvalue weighted by Gasteiger charge is -2.18. The lowest BCUT2D eigenvalue weighted by atomic mass is 10.1. The van der Waals surface area contributed by atoms with Crippen LogP contribution in [0.15, 0.2) is 65.5 Å². The highest BCUT2D eigenvalue weighted by atomic mass is 16.1. The Balaban J connectivity index is 1.77. The number of rotatable bonds is 7. The first-order valence-corrected chi connectivity index (χ1v) is 8.93. The Morgan fingerprint density at radius 3 is 2.35 bits per heavy atom. The van der Waals surface area contributed by atoms with Gasteiger partial charge in [0, 0.05) is 23.9 Å². The molecule has 0 fully saturated rings. The molecule has 5 heteroatoms. The maximum absolute atomic E-state index is 12.0. The topological polar surface area (TPSA) is 61.0 Å². The van der Waals surface area contributed by atoms with E-state index in [0.717, 1.165) is 30.9 Å². The van der Waals surface area contributed by atoms with Crippen molar-refractivity contribution in [3.05, 3.63) is 76.6 Å². The summed E-state index contributed by atoms with van der Waals surface area (Å²) in [5, 5.41) is 3.18. The molecule has 2 N–H and O–H groups in total. The molecule has 0 bridgehead atoms. The van der Waals surface area contributed by atoms with Crippen LogP contribution in [0.3, 0.4) is 0 Å². The summed E-state index contributed by atoms with van der Waals surface area (Å²) in [6.45, 7) is 7.34. The van der Waals surface area contributed by atoms with Crippen LogP contribution in [-0.2, 0) is 6.54 Å². The molecule has 3 aromatic rings. The Labute approximate surface area is 153 Å². The van der Waals surface area contributed by atoms with Crippen LogP contribution in [0, 0.1) is 0 Å². The highest BCUT2D eigenvalue weighted by Crippen LogP contribution is 2.18. The van der Waals surface area contributed by atoms with Crippen LogP contribution in [0.4, 0.5) is 11.6 Å². The molecule has 1 aromatic heterocycles. The second-order valence-corrected chi connectivity index (χ2v) is 6.13. The molecular weight excluding hydrogens is 324 g/mol. The van der Waals surface area contributed by atoms with Gasteiger partial charge in [0.05, 0.1) is 5.69 Å². The number of H-pyrrole nitrogens is 1. The molecule has 0 aliphatic carbocycles. The fourth-order valence-corrected chi connectivity index (χ4v) is 2.81. The lowest BCUT2D eigenvalue weighted by Crippen LogP contribution is -2.22. The summed E-state index contributed by atoms with van der Waals surface area (Å²) in [5.74, 6) is 0.438. The van der Waals surface area contributed by atoms with Gasteiger partial charge in [-0.1, -0.05) is 56.3 Å². The smallest absolute Gasteiger partial charge is 0.252 e. The Morgan fingerprint density at radius 2 is 1.69 bits per heavy atom. The van der Waals surface area contributed by atoms with Crippen molar-refractivity contribution in [3.63, 3.8) is 0 Å². The maximum Gasteiger partial charge on any atom is 0.252 e. The van der Waals surface area contributed by atoms with E-state index < -0.39 is 0 Å². The van der Waals surface area contributed by atoms with Gasteiger partial charge in [-0.05, 0) is 30.8 Å². The molecule has 0 spiro atoms. The molecule has 2 aromatic carbocycles. The minimum atomic E-state index is -0.181. The number of hydrogen-bond acceptors (Lipinski definition) is 4. The summed E-state index contributed by atoms with van der Waals surface area (Å²) in [7, 11) is 0. The zero-order valence-corrected chi connectivity index (χ0v) is 15.2. The van der Waals surface area contributed by atoms with Crippen molar-refractivity contribution in [1.82, 2.24) is 14.9 Å². The number of hydrogen-bond donors (Lipinski definition) is 2. The Morgan fingerprint density at radius 1 is 1.00 bits per heavy atom. The van der Waals surface area contributed by atoms with Gasteiger partial charge in [-0.3, -0.25) is 14.7 Å². The maximum atomic E-state index is 12.0. The van der Waals surface area contributed by atoms with Crippen molar-refractivity contribution in [2.45, 2.75) is 20.4 Å². The van der Waals surface area contributed by atoms with Crippen LogP contribution in [0.2, 0.25) is 0 Å². The van der Waals surface area contributed by atoms with Gasteiger partial charge in [-0.15, -0.1) is 0 Å². The predicted molar refractivity (Wildman–Crippen MR) is 107 cm³/mol. The molecule has 134 valence electrons. The number of aromatic nitrogens is 2. The Bertz CT molecular complexity index is 884. The van der Waals surface area contributed by atoms with Crippen molar-refractivity contribution in [2.24, 2.45) is 0 Å². The summed E-state index contributed by atoms with van der Waals surface area (Å²) in [6, 6.07) is 19.4. The SMILES string of the molecule is CCN(CC)Cc1ccc(Nc2nc(-c3ccccc3)cc(=O)[nH]2)cc1. The molecule has 26 heavy (non-hydrogen) atoms. The Kier molecular flexibility index (Phi) is 5.81. The average Bonchev–Trinajstić information content (AvgIpc) is 2.67. The van der Waals surface area contributed by atoms with Crippen molar-refractivity contribution in [2.75, 3.05) is 18.4 Å². The molecule has 5 nitrogen and oxygen atoms in total. The molecule has 3 rings (SSSR count). The van der Waals surface area contributed by atoms with Crippen LogP contribution in [0.5, 0.6) is 0 Å². The van der Waals surface area contributed by atoms with E-state index in [9.17, 15) is 4.79 Å². The van der Waals surface area contributed by atoms with Gasteiger partial charge in [-0.2, -0.15) is 0 Å². The monoisotopic (exact) mass is 348 g/mol. The molecule has 0 saturated heterocycles. The molecular formula is C21H24N4O.